The van der Waals surface area contributed by atoms with Crippen LogP contribution in [0.1, 0.15) is 43.5 Å². The highest BCUT2D eigenvalue weighted by Gasteiger charge is 2.18. The van der Waals surface area contributed by atoms with Gasteiger partial charge in [0.25, 0.3) is 5.91 Å². The van der Waals surface area contributed by atoms with E-state index < -0.39 is 6.03 Å². The molecule has 0 saturated carbocycles. The SMILES string of the molecule is CCC(C)NC(=O)c1ccc(NC(=O)NCC(=O)N2CCCC2)cc1. The van der Waals surface area contributed by atoms with E-state index >= 15 is 0 Å². The number of carbonyl (C=O) groups is 3. The average molecular weight is 346 g/mol. The van der Waals surface area contributed by atoms with Crippen molar-refractivity contribution in [2.24, 2.45) is 0 Å². The summed E-state index contributed by atoms with van der Waals surface area (Å²) in [7, 11) is 0. The lowest BCUT2D eigenvalue weighted by atomic mass is 10.1. The minimum atomic E-state index is -0.440. The number of likely N-dealkylation sites (tertiary alicyclic amines) is 1. The molecule has 3 N–H and O–H groups in total. The summed E-state index contributed by atoms with van der Waals surface area (Å²) in [5, 5.41) is 8.10. The average Bonchev–Trinajstić information content (AvgIpc) is 3.14. The maximum atomic E-state index is 12.0. The first-order valence-electron chi connectivity index (χ1n) is 8.73. The topological polar surface area (TPSA) is 90.5 Å². The van der Waals surface area contributed by atoms with Crippen LogP contribution < -0.4 is 16.0 Å². The summed E-state index contributed by atoms with van der Waals surface area (Å²) < 4.78 is 0. The van der Waals surface area contributed by atoms with Gasteiger partial charge in [0.1, 0.15) is 0 Å². The second kappa shape index (κ2) is 9.05. The van der Waals surface area contributed by atoms with Crippen molar-refractivity contribution in [3.8, 4) is 0 Å². The number of hydrogen-bond acceptors (Lipinski definition) is 3. The number of carbonyl (C=O) groups excluding carboxylic acids is 3. The number of nitrogens with one attached hydrogen (secondary N) is 3. The molecule has 136 valence electrons. The fourth-order valence-electron chi connectivity index (χ4n) is 2.52. The highest BCUT2D eigenvalue weighted by atomic mass is 16.2. The molecular formula is C18H26N4O3. The normalized spacial score (nSPS) is 14.7. The van der Waals surface area contributed by atoms with Crippen molar-refractivity contribution in [3.05, 3.63) is 29.8 Å². The van der Waals surface area contributed by atoms with E-state index in [0.717, 1.165) is 32.4 Å². The van der Waals surface area contributed by atoms with Gasteiger partial charge in [-0.25, -0.2) is 4.79 Å². The highest BCUT2D eigenvalue weighted by molar-refractivity contribution is 5.96. The Morgan fingerprint density at radius 3 is 2.36 bits per heavy atom. The summed E-state index contributed by atoms with van der Waals surface area (Å²) in [6.07, 6.45) is 2.91. The van der Waals surface area contributed by atoms with E-state index in [9.17, 15) is 14.4 Å². The predicted octanol–water partition coefficient (Wildman–Crippen LogP) is 1.96. The Hall–Kier alpha value is -2.57. The van der Waals surface area contributed by atoms with Crippen LogP contribution in [0.5, 0.6) is 0 Å². The molecule has 4 amide bonds. The lowest BCUT2D eigenvalue weighted by Crippen LogP contribution is -2.40. The Balaban J connectivity index is 1.78. The van der Waals surface area contributed by atoms with Crippen molar-refractivity contribution in [2.45, 2.75) is 39.2 Å². The predicted molar refractivity (Wildman–Crippen MR) is 96.5 cm³/mol. The van der Waals surface area contributed by atoms with Crippen LogP contribution >= 0.6 is 0 Å². The monoisotopic (exact) mass is 346 g/mol. The third-order valence-corrected chi connectivity index (χ3v) is 4.25. The van der Waals surface area contributed by atoms with Crippen LogP contribution in [0.2, 0.25) is 0 Å². The van der Waals surface area contributed by atoms with E-state index in [1.54, 1.807) is 29.2 Å². The molecule has 0 aromatic heterocycles. The maximum Gasteiger partial charge on any atom is 0.319 e. The van der Waals surface area contributed by atoms with Crippen LogP contribution in [0.25, 0.3) is 0 Å². The molecule has 1 aliphatic heterocycles. The molecule has 0 radical (unpaired) electrons. The number of hydrogen-bond donors (Lipinski definition) is 3. The molecule has 7 heteroatoms. The zero-order valence-electron chi connectivity index (χ0n) is 14.8. The fraction of sp³-hybridized carbons (Fsp3) is 0.500. The minimum absolute atomic E-state index is 0.0127. The van der Waals surface area contributed by atoms with Crippen molar-refractivity contribution in [1.29, 1.82) is 0 Å². The van der Waals surface area contributed by atoms with Gasteiger partial charge in [-0.1, -0.05) is 6.92 Å². The van der Waals surface area contributed by atoms with Gasteiger partial charge >= 0.3 is 6.03 Å². The van der Waals surface area contributed by atoms with E-state index in [1.807, 2.05) is 13.8 Å². The third-order valence-electron chi connectivity index (χ3n) is 4.25. The van der Waals surface area contributed by atoms with E-state index in [1.165, 1.54) is 0 Å². The fourth-order valence-corrected chi connectivity index (χ4v) is 2.52. The Kier molecular flexibility index (Phi) is 6.80. The van der Waals surface area contributed by atoms with Crippen LogP contribution in [-0.4, -0.2) is 48.4 Å². The largest absolute Gasteiger partial charge is 0.350 e. The molecule has 1 atom stereocenters. The lowest BCUT2D eigenvalue weighted by Gasteiger charge is -2.15. The Bertz CT molecular complexity index is 609. The van der Waals surface area contributed by atoms with E-state index in [4.69, 9.17) is 0 Å². The zero-order valence-corrected chi connectivity index (χ0v) is 14.8. The molecule has 2 rings (SSSR count). The Morgan fingerprint density at radius 1 is 1.12 bits per heavy atom. The zero-order chi connectivity index (χ0) is 18.2. The summed E-state index contributed by atoms with van der Waals surface area (Å²) in [6.45, 7) is 5.47. The van der Waals surface area contributed by atoms with Gasteiger partial charge in [0.05, 0.1) is 6.54 Å². The van der Waals surface area contributed by atoms with Crippen molar-refractivity contribution in [2.75, 3.05) is 25.0 Å². The third kappa shape index (κ3) is 5.77. The van der Waals surface area contributed by atoms with Crippen molar-refractivity contribution in [3.63, 3.8) is 0 Å². The smallest absolute Gasteiger partial charge is 0.319 e. The second-order valence-electron chi connectivity index (χ2n) is 6.26. The van der Waals surface area contributed by atoms with Crippen LogP contribution in [0.3, 0.4) is 0 Å². The number of urea groups is 1. The van der Waals surface area contributed by atoms with Gasteiger partial charge in [-0.15, -0.1) is 0 Å². The quantitative estimate of drug-likeness (QED) is 0.735. The summed E-state index contributed by atoms with van der Waals surface area (Å²) in [6, 6.07) is 6.31. The van der Waals surface area contributed by atoms with E-state index in [2.05, 4.69) is 16.0 Å². The molecule has 25 heavy (non-hydrogen) atoms. The molecule has 1 fully saturated rings. The van der Waals surface area contributed by atoms with Crippen LogP contribution in [-0.2, 0) is 4.79 Å². The van der Waals surface area contributed by atoms with Gasteiger partial charge in [-0.2, -0.15) is 0 Å². The number of benzene rings is 1. The standard InChI is InChI=1S/C18H26N4O3/c1-3-13(2)20-17(24)14-6-8-15(9-7-14)21-18(25)19-12-16(23)22-10-4-5-11-22/h6-9,13H,3-5,10-12H2,1-2H3,(H,20,24)(H2,19,21,25). The van der Waals surface area contributed by atoms with Gasteiger partial charge in [-0.3, -0.25) is 9.59 Å². The first-order chi connectivity index (χ1) is 12.0. The molecule has 0 spiro atoms. The highest BCUT2D eigenvalue weighted by Crippen LogP contribution is 2.10. The summed E-state index contributed by atoms with van der Waals surface area (Å²) in [4.78, 5) is 37.5. The molecule has 0 aliphatic carbocycles. The van der Waals surface area contributed by atoms with Crippen LogP contribution in [0.15, 0.2) is 24.3 Å². The molecule has 1 aromatic carbocycles. The second-order valence-corrected chi connectivity index (χ2v) is 6.26. The van der Waals surface area contributed by atoms with Crippen molar-refractivity contribution < 1.29 is 14.4 Å². The number of rotatable bonds is 6. The van der Waals surface area contributed by atoms with E-state index in [-0.39, 0.29) is 24.4 Å². The van der Waals surface area contributed by atoms with E-state index in [0.29, 0.717) is 11.3 Å². The Morgan fingerprint density at radius 2 is 1.76 bits per heavy atom. The first-order valence-corrected chi connectivity index (χ1v) is 8.73. The first kappa shape index (κ1) is 18.8. The number of amides is 4. The van der Waals surface area contributed by atoms with Crippen LogP contribution in [0.4, 0.5) is 10.5 Å². The molecule has 1 saturated heterocycles. The van der Waals surface area contributed by atoms with Crippen molar-refractivity contribution >= 4 is 23.5 Å². The Labute approximate surface area is 148 Å². The van der Waals surface area contributed by atoms with Gasteiger partial charge in [0, 0.05) is 30.4 Å². The summed E-state index contributed by atoms with van der Waals surface area (Å²) >= 11 is 0. The lowest BCUT2D eigenvalue weighted by molar-refractivity contribution is -0.128. The summed E-state index contributed by atoms with van der Waals surface area (Å²) in [5.41, 5.74) is 1.10. The number of anilines is 1. The molecular weight excluding hydrogens is 320 g/mol. The van der Waals surface area contributed by atoms with Gasteiger partial charge in [-0.05, 0) is 50.5 Å². The summed E-state index contributed by atoms with van der Waals surface area (Å²) in [5.74, 6) is -0.203. The molecule has 1 heterocycles. The molecule has 0 bridgehead atoms. The number of nitrogens with zero attached hydrogens (tertiary/aromatic N) is 1. The van der Waals surface area contributed by atoms with Gasteiger partial charge in [0.15, 0.2) is 0 Å². The van der Waals surface area contributed by atoms with Crippen molar-refractivity contribution in [1.82, 2.24) is 15.5 Å². The molecule has 1 aliphatic rings. The molecule has 1 aromatic rings. The molecule has 1 unspecified atom stereocenters. The van der Waals surface area contributed by atoms with Gasteiger partial charge in [0.2, 0.25) is 5.91 Å². The minimum Gasteiger partial charge on any atom is -0.350 e. The van der Waals surface area contributed by atoms with Gasteiger partial charge < -0.3 is 20.9 Å². The maximum absolute atomic E-state index is 12.0. The van der Waals surface area contributed by atoms with Crippen LogP contribution in [0, 0.1) is 0 Å². The molecule has 7 nitrogen and oxygen atoms in total.